The van der Waals surface area contributed by atoms with E-state index in [1.54, 1.807) is 13.8 Å². The number of amides is 4. The van der Waals surface area contributed by atoms with Gasteiger partial charge in [0.1, 0.15) is 0 Å². The van der Waals surface area contributed by atoms with Gasteiger partial charge in [0.05, 0.1) is 22.5 Å². The van der Waals surface area contributed by atoms with Gasteiger partial charge in [0.15, 0.2) is 45.9 Å². The first kappa shape index (κ1) is 37.0. The Hall–Kier alpha value is -5.33. The molecule has 5 fully saturated rings. The molecule has 0 bridgehead atoms. The van der Waals surface area contributed by atoms with Crippen molar-refractivity contribution in [3.8, 4) is 0 Å². The van der Waals surface area contributed by atoms with E-state index in [-0.39, 0.29) is 68.7 Å². The van der Waals surface area contributed by atoms with Crippen LogP contribution in [0.15, 0.2) is 9.98 Å². The van der Waals surface area contributed by atoms with Crippen LogP contribution in [0.2, 0.25) is 5.15 Å². The number of hydrogen-bond acceptors (Lipinski definition) is 11. The van der Waals surface area contributed by atoms with Crippen LogP contribution in [0.25, 0.3) is 0 Å². The third-order valence-corrected chi connectivity index (χ3v) is 11.8. The summed E-state index contributed by atoms with van der Waals surface area (Å²) in [5.74, 6) is -0.672. The number of nitrogens with zero attached hydrogens (tertiary/aromatic N) is 8. The summed E-state index contributed by atoms with van der Waals surface area (Å²) in [7, 11) is 0. The van der Waals surface area contributed by atoms with Crippen molar-refractivity contribution in [1.29, 1.82) is 0 Å². The Bertz CT molecular complexity index is 1790. The second kappa shape index (κ2) is 14.5. The molecule has 5 aliphatic rings. The van der Waals surface area contributed by atoms with Gasteiger partial charge in [-0.15, -0.1) is 0 Å². The van der Waals surface area contributed by atoms with Crippen molar-refractivity contribution in [3.05, 3.63) is 27.9 Å². The molecule has 54 heavy (non-hydrogen) atoms. The Labute approximate surface area is 316 Å². The van der Waals surface area contributed by atoms with E-state index < -0.39 is 11.8 Å². The zero-order valence-corrected chi connectivity index (χ0v) is 31.1. The maximum Gasteiger partial charge on any atom is 0.302 e. The molecule has 1 aliphatic carbocycles. The highest BCUT2D eigenvalue weighted by Gasteiger charge is 2.44. The quantitative estimate of drug-likeness (QED) is 0.214. The van der Waals surface area contributed by atoms with Crippen LogP contribution >= 0.6 is 11.6 Å². The number of aromatic nitrogens is 4. The lowest BCUT2D eigenvalue weighted by molar-refractivity contribution is -0.143. The highest BCUT2D eigenvalue weighted by molar-refractivity contribution is 6.31. The minimum Gasteiger partial charge on any atom is -0.382 e. The largest absolute Gasteiger partial charge is 0.382 e. The predicted molar refractivity (Wildman–Crippen MR) is 200 cm³/mol. The van der Waals surface area contributed by atoms with Crippen molar-refractivity contribution in [2.24, 2.45) is 21.8 Å². The normalized spacial score (nSPS) is 24.6. The van der Waals surface area contributed by atoms with Gasteiger partial charge in [-0.25, -0.2) is 19.9 Å². The average Bonchev–Trinajstić information content (AvgIpc) is 3.73. The molecule has 4 saturated heterocycles. The minimum atomic E-state index is -0.700. The third-order valence-electron chi connectivity index (χ3n) is 11.5. The van der Waals surface area contributed by atoms with Gasteiger partial charge >= 0.3 is 11.8 Å². The van der Waals surface area contributed by atoms with Crippen LogP contribution < -0.4 is 38.5 Å². The molecule has 20 heteroatoms. The molecule has 2 aromatic rings. The number of carbonyl (C=O) groups excluding carboxylic acids is 4. The lowest BCUT2D eigenvalue weighted by Gasteiger charge is -2.42. The van der Waals surface area contributed by atoms with Crippen LogP contribution in [0.4, 0.5) is 17.5 Å². The molecule has 288 valence electrons. The fourth-order valence-corrected chi connectivity index (χ4v) is 8.15. The predicted octanol–water partition coefficient (Wildman–Crippen LogP) is -0.110. The van der Waals surface area contributed by atoms with E-state index in [9.17, 15) is 19.2 Å². The molecular weight excluding hydrogens is 718 g/mol. The molecule has 4 amide bonds. The van der Waals surface area contributed by atoms with Gasteiger partial charge < -0.3 is 48.3 Å². The molecule has 2 aromatic heterocycles. The molecule has 19 nitrogen and oxygen atoms in total. The summed E-state index contributed by atoms with van der Waals surface area (Å²) < 4.78 is 0. The number of hydrogen-bond donors (Lipinski definition) is 7. The first-order valence-corrected chi connectivity index (χ1v) is 18.7. The second-order valence-corrected chi connectivity index (χ2v) is 15.4. The molecule has 0 aromatic carbocycles. The van der Waals surface area contributed by atoms with Crippen molar-refractivity contribution in [3.63, 3.8) is 0 Å². The van der Waals surface area contributed by atoms with Crippen LogP contribution in [0, 0.1) is 25.7 Å². The zero-order valence-electron chi connectivity index (χ0n) is 30.4. The summed E-state index contributed by atoms with van der Waals surface area (Å²) in [5, 5.41) is 12.9. The first-order chi connectivity index (χ1) is 25.7. The summed E-state index contributed by atoms with van der Waals surface area (Å²) in [5.41, 5.74) is 17.8. The molecule has 1 saturated carbocycles. The van der Waals surface area contributed by atoms with Crippen molar-refractivity contribution in [2.75, 3.05) is 56.5 Å². The molecule has 0 radical (unpaired) electrons. The van der Waals surface area contributed by atoms with Crippen molar-refractivity contribution in [1.82, 2.24) is 51.0 Å². The van der Waals surface area contributed by atoms with E-state index in [4.69, 9.17) is 28.8 Å². The lowest BCUT2D eigenvalue weighted by Crippen LogP contribution is -2.55. The standard InChI is InChI=1S/C34H46ClN15O4/c1-17-18(2)42-24(36)21(41-17)27(51)45-31-39-15-33(47-31)7-11-49(12-8-33)29(53)19-3-5-20(6-4-19)30(54)50-13-9-34(10-14-50)16-40-32(48-34)46-28(52)22-25(37)44-26(38)23(35)43-22/h19-20H,3-16H2,1-2H3,(H2,36,42)(H4,37,38,44)(H2,39,45,47,51)(H2,40,46,48,52)/t19-,20-. The number of aryl methyl sites for hydroxylation is 2. The zero-order chi connectivity index (χ0) is 38.4. The molecule has 7 rings (SSSR count). The maximum atomic E-state index is 13.6. The van der Waals surface area contributed by atoms with Crippen molar-refractivity contribution >= 4 is 64.6 Å². The van der Waals surface area contributed by atoms with Crippen molar-refractivity contribution < 1.29 is 19.2 Å². The maximum absolute atomic E-state index is 13.6. The van der Waals surface area contributed by atoms with E-state index >= 15 is 0 Å². The monoisotopic (exact) mass is 763 g/mol. The highest BCUT2D eigenvalue weighted by atomic mass is 35.5. The van der Waals surface area contributed by atoms with E-state index in [1.807, 2.05) is 9.80 Å². The summed E-state index contributed by atoms with van der Waals surface area (Å²) in [6.07, 6.45) is 5.53. The molecule has 6 heterocycles. The summed E-state index contributed by atoms with van der Waals surface area (Å²) in [6.45, 7) is 7.03. The van der Waals surface area contributed by atoms with Gasteiger partial charge in [-0.05, 0) is 65.2 Å². The Morgan fingerprint density at radius 2 is 1.06 bits per heavy atom. The van der Waals surface area contributed by atoms with Crippen LogP contribution in [0.3, 0.4) is 0 Å². The average molecular weight is 764 g/mol. The fourth-order valence-electron chi connectivity index (χ4n) is 8.02. The number of nitrogens with two attached hydrogens (primary N) is 3. The smallest absolute Gasteiger partial charge is 0.302 e. The number of rotatable bonds is 4. The molecule has 2 spiro atoms. The molecule has 4 aliphatic heterocycles. The number of piperidine rings is 2. The summed E-state index contributed by atoms with van der Waals surface area (Å²) >= 11 is 5.91. The SMILES string of the molecule is Cc1nc(N)c(C(=O)/N=C2\NCC3(CCN(C(=O)[C@H]4CC[C@H](C(=O)N5CCC6(CC5)CN/C(=N\C(=O)c5nc(Cl)c(N)nc5N)N6)CC4)CC3)N2)nc1C. The Morgan fingerprint density at radius 1 is 0.648 bits per heavy atom. The topological polar surface area (TPSA) is 277 Å². The van der Waals surface area contributed by atoms with E-state index in [1.165, 1.54) is 0 Å². The number of nitrogen functional groups attached to an aromatic ring is 3. The summed E-state index contributed by atoms with van der Waals surface area (Å²) in [4.78, 5) is 81.1. The van der Waals surface area contributed by atoms with Crippen molar-refractivity contribution in [2.45, 2.75) is 76.3 Å². The molecular formula is C34H46ClN15O4. The van der Waals surface area contributed by atoms with E-state index in [0.717, 1.165) is 0 Å². The van der Waals surface area contributed by atoms with Gasteiger partial charge in [-0.2, -0.15) is 9.98 Å². The summed E-state index contributed by atoms with van der Waals surface area (Å²) in [6, 6.07) is 0. The molecule has 10 N–H and O–H groups in total. The fraction of sp³-hybridized carbons (Fsp3) is 0.588. The lowest BCUT2D eigenvalue weighted by atomic mass is 9.79. The first-order valence-electron chi connectivity index (χ1n) is 18.3. The third kappa shape index (κ3) is 7.40. The Balaban J connectivity index is 0.846. The number of likely N-dealkylation sites (tertiary alicyclic amines) is 2. The molecule has 0 unspecified atom stereocenters. The van der Waals surface area contributed by atoms with Gasteiger partial charge in [0.25, 0.3) is 0 Å². The number of guanidine groups is 2. The number of nitrogens with one attached hydrogen (secondary N) is 4. The Morgan fingerprint density at radius 3 is 1.52 bits per heavy atom. The minimum absolute atomic E-state index is 0.0249. The van der Waals surface area contributed by atoms with Gasteiger partial charge in [-0.3, -0.25) is 19.2 Å². The van der Waals surface area contributed by atoms with Gasteiger partial charge in [-0.1, -0.05) is 11.6 Å². The van der Waals surface area contributed by atoms with Gasteiger partial charge in [0.2, 0.25) is 11.8 Å². The number of aliphatic imine (C=N–C) groups is 2. The number of halogens is 1. The molecule has 0 atom stereocenters. The number of carbonyl (C=O) groups is 4. The Kier molecular flexibility index (Phi) is 9.92. The second-order valence-electron chi connectivity index (χ2n) is 15.0. The number of anilines is 3. The van der Waals surface area contributed by atoms with Crippen LogP contribution in [-0.2, 0) is 9.59 Å². The van der Waals surface area contributed by atoms with E-state index in [2.05, 4.69) is 51.2 Å². The highest BCUT2D eigenvalue weighted by Crippen LogP contribution is 2.35. The van der Waals surface area contributed by atoms with E-state index in [0.29, 0.717) is 114 Å². The van der Waals surface area contributed by atoms with Crippen LogP contribution in [0.1, 0.15) is 83.7 Å². The van der Waals surface area contributed by atoms with Crippen LogP contribution in [-0.4, -0.2) is 116 Å². The van der Waals surface area contributed by atoms with Crippen LogP contribution in [0.5, 0.6) is 0 Å². The van der Waals surface area contributed by atoms with Gasteiger partial charge in [0, 0.05) is 51.1 Å².